The number of nitrogens with two attached hydrogens (primary N) is 1. The molecule has 0 aromatic rings. The monoisotopic (exact) mass is 132 g/mol. The number of nitrogens with one attached hydrogen (secondary N) is 1. The number of ether oxygens (including phenoxy) is 2. The fourth-order valence-corrected chi connectivity index (χ4v) is 0.786. The van der Waals surface area contributed by atoms with Crippen LogP contribution in [-0.2, 0) is 9.47 Å². The second-order valence-corrected chi connectivity index (χ2v) is 1.98. The fourth-order valence-electron chi connectivity index (χ4n) is 0.786. The highest BCUT2D eigenvalue weighted by Gasteiger charge is 2.12. The molecule has 4 nitrogen and oxygen atoms in total. The van der Waals surface area contributed by atoms with Crippen molar-refractivity contribution in [3.05, 3.63) is 0 Å². The predicted octanol–water partition coefficient (Wildman–Crippen LogP) is -1.13. The normalized spacial score (nSPS) is 28.3. The highest BCUT2D eigenvalue weighted by Crippen LogP contribution is 1.97. The molecule has 1 unspecified atom stereocenters. The minimum atomic E-state index is 0.142. The second kappa shape index (κ2) is 3.79. The smallest absolute Gasteiger partial charge is 0.0947 e. The van der Waals surface area contributed by atoms with Crippen LogP contribution in [0.25, 0.3) is 0 Å². The van der Waals surface area contributed by atoms with Gasteiger partial charge in [-0.2, -0.15) is 0 Å². The second-order valence-electron chi connectivity index (χ2n) is 1.98. The number of hydrazine groups is 1. The van der Waals surface area contributed by atoms with Crippen LogP contribution in [-0.4, -0.2) is 32.5 Å². The molecular weight excluding hydrogens is 120 g/mol. The summed E-state index contributed by atoms with van der Waals surface area (Å²) in [5, 5.41) is 0. The first kappa shape index (κ1) is 6.95. The number of hydrogen-bond donors (Lipinski definition) is 2. The Labute approximate surface area is 54.3 Å². The van der Waals surface area contributed by atoms with Gasteiger partial charge in [0.15, 0.2) is 0 Å². The summed E-state index contributed by atoms with van der Waals surface area (Å²) >= 11 is 0. The van der Waals surface area contributed by atoms with Crippen LogP contribution in [0.15, 0.2) is 0 Å². The molecule has 1 fully saturated rings. The van der Waals surface area contributed by atoms with Gasteiger partial charge < -0.3 is 9.47 Å². The Morgan fingerprint density at radius 1 is 1.56 bits per heavy atom. The molecule has 0 aromatic heterocycles. The summed E-state index contributed by atoms with van der Waals surface area (Å²) in [6, 6.07) is 0. The van der Waals surface area contributed by atoms with Gasteiger partial charge in [0.1, 0.15) is 0 Å². The molecule has 54 valence electrons. The van der Waals surface area contributed by atoms with Crippen molar-refractivity contribution in [2.24, 2.45) is 5.84 Å². The third kappa shape index (κ3) is 2.28. The van der Waals surface area contributed by atoms with Crippen molar-refractivity contribution >= 4 is 0 Å². The third-order valence-corrected chi connectivity index (χ3v) is 1.23. The molecule has 1 atom stereocenters. The summed E-state index contributed by atoms with van der Waals surface area (Å²) in [7, 11) is 0. The third-order valence-electron chi connectivity index (χ3n) is 1.23. The molecule has 4 heteroatoms. The summed E-state index contributed by atoms with van der Waals surface area (Å²) in [4.78, 5) is 0. The molecule has 0 aliphatic carbocycles. The van der Waals surface area contributed by atoms with E-state index < -0.39 is 0 Å². The largest absolute Gasteiger partial charge is 0.376 e. The van der Waals surface area contributed by atoms with Crippen LogP contribution in [0.4, 0.5) is 0 Å². The van der Waals surface area contributed by atoms with E-state index >= 15 is 0 Å². The Bertz CT molecular complexity index is 70.6. The standard InChI is InChI=1S/C5H12N2O2/c6-7-3-5-4-8-1-2-9-5/h5,7H,1-4,6H2. The first-order valence-electron chi connectivity index (χ1n) is 3.06. The van der Waals surface area contributed by atoms with Crippen LogP contribution in [0.5, 0.6) is 0 Å². The summed E-state index contributed by atoms with van der Waals surface area (Å²) in [5.74, 6) is 5.07. The van der Waals surface area contributed by atoms with Crippen LogP contribution in [0.3, 0.4) is 0 Å². The van der Waals surface area contributed by atoms with E-state index in [1.54, 1.807) is 0 Å². The van der Waals surface area contributed by atoms with Crippen LogP contribution in [0.1, 0.15) is 0 Å². The maximum absolute atomic E-state index is 5.25. The van der Waals surface area contributed by atoms with Gasteiger partial charge in [-0.15, -0.1) is 0 Å². The molecule has 1 aliphatic heterocycles. The quantitative estimate of drug-likeness (QED) is 0.368. The summed E-state index contributed by atoms with van der Waals surface area (Å²) in [6.45, 7) is 2.72. The Balaban J connectivity index is 2.08. The van der Waals surface area contributed by atoms with E-state index in [1.807, 2.05) is 0 Å². The van der Waals surface area contributed by atoms with Gasteiger partial charge in [0.05, 0.1) is 25.9 Å². The average molecular weight is 132 g/mol. The summed E-state index contributed by atoms with van der Waals surface area (Å²) < 4.78 is 10.4. The highest BCUT2D eigenvalue weighted by molar-refractivity contribution is 4.61. The Hall–Kier alpha value is -0.160. The van der Waals surface area contributed by atoms with Crippen molar-refractivity contribution in [3.63, 3.8) is 0 Å². The first-order valence-corrected chi connectivity index (χ1v) is 3.06. The molecule has 0 aromatic carbocycles. The van der Waals surface area contributed by atoms with Gasteiger partial charge in [0.25, 0.3) is 0 Å². The molecule has 1 rings (SSSR count). The van der Waals surface area contributed by atoms with Crippen LogP contribution in [0.2, 0.25) is 0 Å². The zero-order valence-electron chi connectivity index (χ0n) is 5.30. The zero-order chi connectivity index (χ0) is 6.53. The lowest BCUT2D eigenvalue weighted by Gasteiger charge is -2.21. The molecule has 0 spiro atoms. The van der Waals surface area contributed by atoms with Gasteiger partial charge >= 0.3 is 0 Å². The van der Waals surface area contributed by atoms with Crippen LogP contribution >= 0.6 is 0 Å². The van der Waals surface area contributed by atoms with Crippen LogP contribution in [0, 0.1) is 0 Å². The van der Waals surface area contributed by atoms with Crippen molar-refractivity contribution in [2.45, 2.75) is 6.10 Å². The maximum Gasteiger partial charge on any atom is 0.0947 e. The number of hydrogen-bond acceptors (Lipinski definition) is 4. The predicted molar refractivity (Wildman–Crippen MR) is 32.7 cm³/mol. The Kier molecular flexibility index (Phi) is 2.93. The average Bonchev–Trinajstić information content (AvgIpc) is 1.91. The van der Waals surface area contributed by atoms with Crippen molar-refractivity contribution in [1.29, 1.82) is 0 Å². The van der Waals surface area contributed by atoms with Crippen molar-refractivity contribution in [2.75, 3.05) is 26.4 Å². The van der Waals surface area contributed by atoms with Crippen molar-refractivity contribution in [3.8, 4) is 0 Å². The molecule has 0 bridgehead atoms. The van der Waals surface area contributed by atoms with E-state index in [1.165, 1.54) is 0 Å². The lowest BCUT2D eigenvalue weighted by Crippen LogP contribution is -2.39. The van der Waals surface area contributed by atoms with E-state index in [-0.39, 0.29) is 6.10 Å². The van der Waals surface area contributed by atoms with Gasteiger partial charge in [-0.05, 0) is 0 Å². The minimum absolute atomic E-state index is 0.142. The van der Waals surface area contributed by atoms with Gasteiger partial charge in [-0.25, -0.2) is 0 Å². The molecule has 0 saturated carbocycles. The Morgan fingerprint density at radius 3 is 3.00 bits per heavy atom. The lowest BCUT2D eigenvalue weighted by atomic mass is 10.3. The van der Waals surface area contributed by atoms with Gasteiger partial charge in [0, 0.05) is 6.54 Å². The summed E-state index contributed by atoms with van der Waals surface area (Å²) in [5.41, 5.74) is 2.53. The maximum atomic E-state index is 5.25. The summed E-state index contributed by atoms with van der Waals surface area (Å²) in [6.07, 6.45) is 0.142. The fraction of sp³-hybridized carbons (Fsp3) is 1.00. The Morgan fingerprint density at radius 2 is 2.44 bits per heavy atom. The lowest BCUT2D eigenvalue weighted by molar-refractivity contribution is -0.0863. The van der Waals surface area contributed by atoms with E-state index in [2.05, 4.69) is 5.43 Å². The van der Waals surface area contributed by atoms with Crippen molar-refractivity contribution < 1.29 is 9.47 Å². The number of rotatable bonds is 2. The molecular formula is C5H12N2O2. The molecule has 3 N–H and O–H groups in total. The highest BCUT2D eigenvalue weighted by atomic mass is 16.6. The van der Waals surface area contributed by atoms with E-state index in [0.29, 0.717) is 26.4 Å². The van der Waals surface area contributed by atoms with Crippen molar-refractivity contribution in [1.82, 2.24) is 5.43 Å². The van der Waals surface area contributed by atoms with E-state index in [9.17, 15) is 0 Å². The SMILES string of the molecule is NNCC1COCCO1. The topological polar surface area (TPSA) is 56.5 Å². The van der Waals surface area contributed by atoms with Crippen LogP contribution < -0.4 is 11.3 Å². The van der Waals surface area contributed by atoms with Gasteiger partial charge in [0.2, 0.25) is 0 Å². The molecule has 9 heavy (non-hydrogen) atoms. The molecule has 0 radical (unpaired) electrons. The van der Waals surface area contributed by atoms with Gasteiger partial charge in [-0.1, -0.05) is 0 Å². The molecule has 1 aliphatic rings. The van der Waals surface area contributed by atoms with E-state index in [0.717, 1.165) is 0 Å². The minimum Gasteiger partial charge on any atom is -0.376 e. The molecule has 1 saturated heterocycles. The van der Waals surface area contributed by atoms with Gasteiger partial charge in [-0.3, -0.25) is 11.3 Å². The molecule has 0 amide bonds. The molecule has 1 heterocycles. The zero-order valence-corrected chi connectivity index (χ0v) is 5.30. The van der Waals surface area contributed by atoms with E-state index in [4.69, 9.17) is 15.3 Å². The first-order chi connectivity index (χ1) is 4.43.